The topological polar surface area (TPSA) is 35.1 Å². The summed E-state index contributed by atoms with van der Waals surface area (Å²) >= 11 is -1.01. The molecule has 0 aliphatic heterocycles. The lowest BCUT2D eigenvalue weighted by Crippen LogP contribution is -2.21. The lowest BCUT2D eigenvalue weighted by atomic mass is 10.5. The van der Waals surface area contributed by atoms with Gasteiger partial charge < -0.3 is 4.55 Å². The second-order valence-electron chi connectivity index (χ2n) is 1.36. The molecule has 0 heterocycles. The molecule has 0 aromatic heterocycles. The van der Waals surface area contributed by atoms with E-state index in [1.165, 1.54) is 5.41 Å². The molecule has 3 heteroatoms. The highest BCUT2D eigenvalue weighted by molar-refractivity contribution is 7.92. The average Bonchev–Trinajstić information content (AvgIpc) is 1.83. The predicted molar refractivity (Wildman–Crippen MR) is 36.6 cm³/mol. The van der Waals surface area contributed by atoms with E-state index in [4.69, 9.17) is 0 Å². The van der Waals surface area contributed by atoms with Crippen LogP contribution in [0.25, 0.3) is 0 Å². The summed E-state index contributed by atoms with van der Waals surface area (Å²) in [7, 11) is 0. The SMILES string of the molecule is C=C[S+]([O-])NCCC. The van der Waals surface area contributed by atoms with E-state index in [0.717, 1.165) is 13.0 Å². The van der Waals surface area contributed by atoms with E-state index in [2.05, 4.69) is 11.3 Å². The summed E-state index contributed by atoms with van der Waals surface area (Å²) in [6, 6.07) is 0. The smallest absolute Gasteiger partial charge is 0.131 e. The van der Waals surface area contributed by atoms with E-state index in [1.807, 2.05) is 6.92 Å². The van der Waals surface area contributed by atoms with Gasteiger partial charge in [-0.2, -0.15) is 0 Å². The molecule has 0 aromatic carbocycles. The Morgan fingerprint density at radius 2 is 2.50 bits per heavy atom. The van der Waals surface area contributed by atoms with Gasteiger partial charge in [-0.1, -0.05) is 6.92 Å². The fourth-order valence-electron chi connectivity index (χ4n) is 0.262. The van der Waals surface area contributed by atoms with Crippen LogP contribution in [0, 0.1) is 0 Å². The van der Waals surface area contributed by atoms with Crippen LogP contribution in [-0.2, 0) is 11.4 Å². The molecule has 0 amide bonds. The molecule has 48 valence electrons. The Kier molecular flexibility index (Phi) is 5.16. The average molecular weight is 133 g/mol. The van der Waals surface area contributed by atoms with Crippen LogP contribution < -0.4 is 4.72 Å². The van der Waals surface area contributed by atoms with Crippen LogP contribution in [0.4, 0.5) is 0 Å². The summed E-state index contributed by atoms with van der Waals surface area (Å²) in [5.74, 6) is 0. The van der Waals surface area contributed by atoms with Crippen LogP contribution in [0.1, 0.15) is 13.3 Å². The van der Waals surface area contributed by atoms with Gasteiger partial charge in [0.2, 0.25) is 0 Å². The fraction of sp³-hybridized carbons (Fsp3) is 0.600. The van der Waals surface area contributed by atoms with Crippen molar-refractivity contribution in [2.45, 2.75) is 13.3 Å². The molecule has 0 saturated carbocycles. The molecule has 1 unspecified atom stereocenters. The van der Waals surface area contributed by atoms with Crippen molar-refractivity contribution < 1.29 is 4.55 Å². The minimum Gasteiger partial charge on any atom is -0.593 e. The minimum atomic E-state index is -1.01. The first kappa shape index (κ1) is 8.01. The fourth-order valence-corrected chi connectivity index (χ4v) is 0.785. The van der Waals surface area contributed by atoms with Gasteiger partial charge in [0.05, 0.1) is 11.4 Å². The van der Waals surface area contributed by atoms with Gasteiger partial charge >= 0.3 is 0 Å². The Labute approximate surface area is 53.3 Å². The molecular weight excluding hydrogens is 122 g/mol. The zero-order chi connectivity index (χ0) is 6.41. The van der Waals surface area contributed by atoms with E-state index in [0.29, 0.717) is 0 Å². The molecule has 1 N–H and O–H groups in total. The molecule has 0 rings (SSSR count). The van der Waals surface area contributed by atoms with Crippen molar-refractivity contribution in [3.8, 4) is 0 Å². The number of nitrogens with one attached hydrogen (secondary N) is 1. The van der Waals surface area contributed by atoms with Crippen molar-refractivity contribution in [2.75, 3.05) is 6.54 Å². The normalized spacial score (nSPS) is 13.2. The third-order valence-electron chi connectivity index (χ3n) is 0.646. The summed E-state index contributed by atoms with van der Waals surface area (Å²) in [5.41, 5.74) is 0. The molecule has 0 aliphatic carbocycles. The number of hydrogen-bond acceptors (Lipinski definition) is 2. The van der Waals surface area contributed by atoms with Gasteiger partial charge in [-0.05, 0) is 13.0 Å². The Balaban J connectivity index is 2.98. The van der Waals surface area contributed by atoms with Gasteiger partial charge in [0.1, 0.15) is 5.41 Å². The van der Waals surface area contributed by atoms with Crippen LogP contribution in [-0.4, -0.2) is 11.1 Å². The van der Waals surface area contributed by atoms with E-state index >= 15 is 0 Å². The quantitative estimate of drug-likeness (QED) is 0.575. The number of hydrogen-bond donors (Lipinski definition) is 1. The molecule has 8 heavy (non-hydrogen) atoms. The molecule has 0 saturated heterocycles. The monoisotopic (exact) mass is 133 g/mol. The summed E-state index contributed by atoms with van der Waals surface area (Å²) in [6.07, 6.45) is 1.000. The van der Waals surface area contributed by atoms with Crippen molar-refractivity contribution >= 4 is 11.4 Å². The highest BCUT2D eigenvalue weighted by Crippen LogP contribution is 1.82. The summed E-state index contributed by atoms with van der Waals surface area (Å²) in [4.78, 5) is 0. The standard InChI is InChI=1S/C5H11NOS/c1-3-5-6-8(7)4-2/h4,6H,2-3,5H2,1H3. The van der Waals surface area contributed by atoms with Crippen LogP contribution in [0.5, 0.6) is 0 Å². The van der Waals surface area contributed by atoms with Gasteiger partial charge in [-0.15, -0.1) is 4.72 Å². The minimum absolute atomic E-state index is 0.790. The van der Waals surface area contributed by atoms with Crippen LogP contribution in [0.2, 0.25) is 0 Å². The third kappa shape index (κ3) is 4.18. The summed E-state index contributed by atoms with van der Waals surface area (Å²) in [6.45, 7) is 6.16. The van der Waals surface area contributed by atoms with Gasteiger partial charge in [0, 0.05) is 6.54 Å². The Morgan fingerprint density at radius 1 is 1.88 bits per heavy atom. The second kappa shape index (κ2) is 5.15. The van der Waals surface area contributed by atoms with Crippen LogP contribution in [0.3, 0.4) is 0 Å². The predicted octanol–water partition coefficient (Wildman–Crippen LogP) is 0.793. The van der Waals surface area contributed by atoms with Crippen molar-refractivity contribution in [2.24, 2.45) is 0 Å². The van der Waals surface area contributed by atoms with Crippen molar-refractivity contribution in [3.05, 3.63) is 12.0 Å². The van der Waals surface area contributed by atoms with Gasteiger partial charge in [-0.25, -0.2) is 0 Å². The first-order valence-electron chi connectivity index (χ1n) is 2.58. The summed E-state index contributed by atoms with van der Waals surface area (Å²) < 4.78 is 13.2. The van der Waals surface area contributed by atoms with Gasteiger partial charge in [0.15, 0.2) is 0 Å². The highest BCUT2D eigenvalue weighted by atomic mass is 32.2. The van der Waals surface area contributed by atoms with E-state index < -0.39 is 11.4 Å². The van der Waals surface area contributed by atoms with Crippen LogP contribution in [0.15, 0.2) is 12.0 Å². The zero-order valence-electron chi connectivity index (χ0n) is 5.02. The lowest BCUT2D eigenvalue weighted by molar-refractivity contribution is 0.589. The van der Waals surface area contributed by atoms with Gasteiger partial charge in [-0.3, -0.25) is 0 Å². The summed E-state index contributed by atoms with van der Waals surface area (Å²) in [5, 5.41) is 1.38. The Morgan fingerprint density at radius 3 is 2.88 bits per heavy atom. The van der Waals surface area contributed by atoms with E-state index in [1.54, 1.807) is 0 Å². The Bertz CT molecular complexity index is 67.4. The molecule has 0 fully saturated rings. The van der Waals surface area contributed by atoms with E-state index in [9.17, 15) is 4.55 Å². The molecular formula is C5H11NOS. The highest BCUT2D eigenvalue weighted by Gasteiger charge is 1.93. The maximum absolute atomic E-state index is 10.5. The van der Waals surface area contributed by atoms with Crippen molar-refractivity contribution in [1.82, 2.24) is 4.72 Å². The third-order valence-corrected chi connectivity index (χ3v) is 1.44. The van der Waals surface area contributed by atoms with Crippen molar-refractivity contribution in [1.29, 1.82) is 0 Å². The Hall–Kier alpha value is 0.01000. The largest absolute Gasteiger partial charge is 0.593 e. The first-order valence-corrected chi connectivity index (χ1v) is 3.79. The molecule has 0 bridgehead atoms. The second-order valence-corrected chi connectivity index (χ2v) is 2.58. The number of rotatable bonds is 4. The molecule has 2 nitrogen and oxygen atoms in total. The van der Waals surface area contributed by atoms with Gasteiger partial charge in [0.25, 0.3) is 0 Å². The van der Waals surface area contributed by atoms with Crippen LogP contribution >= 0.6 is 0 Å². The lowest BCUT2D eigenvalue weighted by Gasteiger charge is -2.02. The maximum Gasteiger partial charge on any atom is 0.131 e. The zero-order valence-corrected chi connectivity index (χ0v) is 5.83. The molecule has 0 spiro atoms. The molecule has 0 aromatic rings. The molecule has 1 atom stereocenters. The molecule has 0 radical (unpaired) electrons. The first-order chi connectivity index (χ1) is 3.81. The molecule has 0 aliphatic rings. The maximum atomic E-state index is 10.5. The van der Waals surface area contributed by atoms with Crippen molar-refractivity contribution in [3.63, 3.8) is 0 Å². The van der Waals surface area contributed by atoms with E-state index in [-0.39, 0.29) is 0 Å².